The van der Waals surface area contributed by atoms with E-state index in [-0.39, 0.29) is 18.6 Å². The molecule has 2 unspecified atom stereocenters. The zero-order valence-corrected chi connectivity index (χ0v) is 13.2. The number of ether oxygens (including phenoxy) is 1. The number of likely N-dealkylation sites (tertiary alicyclic amines) is 2. The van der Waals surface area contributed by atoms with Gasteiger partial charge in [-0.05, 0) is 46.6 Å². The second-order valence-corrected chi connectivity index (χ2v) is 7.02. The van der Waals surface area contributed by atoms with E-state index in [0.717, 1.165) is 38.9 Å². The monoisotopic (exact) mass is 298 g/mol. The summed E-state index contributed by atoms with van der Waals surface area (Å²) in [5, 5.41) is 8.63. The van der Waals surface area contributed by atoms with Crippen LogP contribution < -0.4 is 0 Å². The molecular formula is C15H26N2O4. The van der Waals surface area contributed by atoms with Crippen LogP contribution in [0.2, 0.25) is 0 Å². The molecule has 0 aromatic carbocycles. The first-order chi connectivity index (χ1) is 9.76. The summed E-state index contributed by atoms with van der Waals surface area (Å²) in [7, 11) is 0. The highest BCUT2D eigenvalue weighted by Gasteiger charge is 2.45. The Morgan fingerprint density at radius 3 is 2.43 bits per heavy atom. The smallest absolute Gasteiger partial charge is 0.410 e. The molecule has 2 fully saturated rings. The number of nitrogens with zero attached hydrogens (tertiary/aromatic N) is 2. The van der Waals surface area contributed by atoms with Crippen molar-refractivity contribution in [2.45, 2.75) is 64.1 Å². The van der Waals surface area contributed by atoms with E-state index in [1.165, 1.54) is 0 Å². The minimum absolute atomic E-state index is 0.208. The molecule has 2 rings (SSSR count). The molecule has 2 aliphatic rings. The summed E-state index contributed by atoms with van der Waals surface area (Å²) in [6.07, 6.45) is 2.67. The average Bonchev–Trinajstić information content (AvgIpc) is 2.91. The van der Waals surface area contributed by atoms with Gasteiger partial charge in [0.2, 0.25) is 0 Å². The summed E-state index contributed by atoms with van der Waals surface area (Å²) in [6.45, 7) is 8.20. The molecule has 2 heterocycles. The lowest BCUT2D eigenvalue weighted by Gasteiger charge is -2.35. The molecule has 2 atom stereocenters. The SMILES string of the molecule is CC(C)(C)OC(=O)N1CC2CC1CN2CCCCC(=O)O. The second-order valence-electron chi connectivity index (χ2n) is 7.02. The van der Waals surface area contributed by atoms with E-state index in [0.29, 0.717) is 6.04 Å². The Balaban J connectivity index is 1.74. The standard InChI is InChI=1S/C15H26N2O4/c1-15(2,3)21-14(20)17-10-11-8-12(17)9-16(11)7-5-4-6-13(18)19/h11-12H,4-10H2,1-3H3,(H,18,19). The lowest BCUT2D eigenvalue weighted by atomic mass is 10.2. The van der Waals surface area contributed by atoms with Gasteiger partial charge in [0.15, 0.2) is 0 Å². The van der Waals surface area contributed by atoms with Crippen molar-refractivity contribution < 1.29 is 19.4 Å². The molecule has 0 aliphatic carbocycles. The van der Waals surface area contributed by atoms with Gasteiger partial charge in [-0.25, -0.2) is 4.79 Å². The van der Waals surface area contributed by atoms with E-state index in [9.17, 15) is 9.59 Å². The van der Waals surface area contributed by atoms with Gasteiger partial charge >= 0.3 is 12.1 Å². The molecule has 2 aliphatic heterocycles. The van der Waals surface area contributed by atoms with Crippen molar-refractivity contribution in [1.29, 1.82) is 0 Å². The van der Waals surface area contributed by atoms with Crippen LogP contribution in [0.15, 0.2) is 0 Å². The summed E-state index contributed by atoms with van der Waals surface area (Å²) >= 11 is 0. The predicted octanol–water partition coefficient (Wildman–Crippen LogP) is 1.93. The van der Waals surface area contributed by atoms with Crippen LogP contribution in [0, 0.1) is 0 Å². The lowest BCUT2D eigenvalue weighted by molar-refractivity contribution is -0.137. The number of carboxylic acid groups (broad SMARTS) is 1. The molecule has 2 saturated heterocycles. The topological polar surface area (TPSA) is 70.1 Å². The third-order valence-corrected chi connectivity index (χ3v) is 4.07. The zero-order chi connectivity index (χ0) is 15.6. The summed E-state index contributed by atoms with van der Waals surface area (Å²) in [4.78, 5) is 26.8. The summed E-state index contributed by atoms with van der Waals surface area (Å²) in [5.41, 5.74) is -0.449. The number of carbonyl (C=O) groups excluding carboxylic acids is 1. The van der Waals surface area contributed by atoms with Gasteiger partial charge in [0.1, 0.15) is 5.60 Å². The fourth-order valence-electron chi connectivity index (χ4n) is 3.16. The van der Waals surface area contributed by atoms with Gasteiger partial charge in [-0.3, -0.25) is 9.69 Å². The normalized spacial score (nSPS) is 25.4. The number of piperazine rings is 1. The number of carboxylic acids is 1. The summed E-state index contributed by atoms with van der Waals surface area (Å²) < 4.78 is 5.44. The molecule has 120 valence electrons. The van der Waals surface area contributed by atoms with Crippen LogP contribution in [0.1, 0.15) is 46.5 Å². The minimum Gasteiger partial charge on any atom is -0.481 e. The van der Waals surface area contributed by atoms with E-state index >= 15 is 0 Å². The van der Waals surface area contributed by atoms with E-state index in [1.54, 1.807) is 0 Å². The van der Waals surface area contributed by atoms with Crippen LogP contribution in [0.5, 0.6) is 0 Å². The number of hydrogen-bond acceptors (Lipinski definition) is 4. The predicted molar refractivity (Wildman–Crippen MR) is 78.2 cm³/mol. The molecule has 0 saturated carbocycles. The highest BCUT2D eigenvalue weighted by molar-refractivity contribution is 5.69. The van der Waals surface area contributed by atoms with Gasteiger partial charge in [-0.1, -0.05) is 0 Å². The first kappa shape index (κ1) is 16.1. The molecular weight excluding hydrogens is 272 g/mol. The van der Waals surface area contributed by atoms with Crippen LogP contribution in [-0.4, -0.2) is 64.3 Å². The molecule has 1 N–H and O–H groups in total. The third kappa shape index (κ3) is 4.33. The van der Waals surface area contributed by atoms with Crippen molar-refractivity contribution in [3.63, 3.8) is 0 Å². The molecule has 21 heavy (non-hydrogen) atoms. The van der Waals surface area contributed by atoms with Crippen molar-refractivity contribution in [3.05, 3.63) is 0 Å². The Kier molecular flexibility index (Phi) is 4.76. The number of rotatable bonds is 5. The molecule has 6 nitrogen and oxygen atoms in total. The maximum absolute atomic E-state index is 12.1. The number of aliphatic carboxylic acids is 1. The van der Waals surface area contributed by atoms with Crippen LogP contribution in [0.3, 0.4) is 0 Å². The highest BCUT2D eigenvalue weighted by atomic mass is 16.6. The molecule has 0 aromatic heterocycles. The molecule has 1 amide bonds. The Labute approximate surface area is 126 Å². The van der Waals surface area contributed by atoms with Crippen LogP contribution in [-0.2, 0) is 9.53 Å². The Morgan fingerprint density at radius 2 is 1.90 bits per heavy atom. The van der Waals surface area contributed by atoms with Crippen molar-refractivity contribution in [3.8, 4) is 0 Å². The first-order valence-corrected chi connectivity index (χ1v) is 7.72. The molecule has 0 radical (unpaired) electrons. The second kappa shape index (κ2) is 6.22. The van der Waals surface area contributed by atoms with Crippen LogP contribution in [0.25, 0.3) is 0 Å². The molecule has 6 heteroatoms. The Bertz CT molecular complexity index is 405. The average molecular weight is 298 g/mol. The number of hydrogen-bond donors (Lipinski definition) is 1. The number of amides is 1. The molecule has 0 spiro atoms. The summed E-state index contributed by atoms with van der Waals surface area (Å²) in [5.74, 6) is -0.728. The van der Waals surface area contributed by atoms with Crippen molar-refractivity contribution in [1.82, 2.24) is 9.80 Å². The van der Waals surface area contributed by atoms with E-state index < -0.39 is 11.6 Å². The zero-order valence-electron chi connectivity index (χ0n) is 13.2. The van der Waals surface area contributed by atoms with E-state index in [2.05, 4.69) is 4.90 Å². The Hall–Kier alpha value is -1.30. The van der Waals surface area contributed by atoms with E-state index in [4.69, 9.17) is 9.84 Å². The quantitative estimate of drug-likeness (QED) is 0.785. The van der Waals surface area contributed by atoms with Gasteiger partial charge in [-0.15, -0.1) is 0 Å². The largest absolute Gasteiger partial charge is 0.481 e. The van der Waals surface area contributed by atoms with Crippen molar-refractivity contribution >= 4 is 12.1 Å². The van der Waals surface area contributed by atoms with Gasteiger partial charge in [-0.2, -0.15) is 0 Å². The first-order valence-electron chi connectivity index (χ1n) is 7.72. The van der Waals surface area contributed by atoms with E-state index in [1.807, 2.05) is 25.7 Å². The molecule has 2 bridgehead atoms. The van der Waals surface area contributed by atoms with Gasteiger partial charge < -0.3 is 14.7 Å². The van der Waals surface area contributed by atoms with Gasteiger partial charge in [0.25, 0.3) is 0 Å². The van der Waals surface area contributed by atoms with Crippen LogP contribution >= 0.6 is 0 Å². The fourth-order valence-corrected chi connectivity index (χ4v) is 3.16. The summed E-state index contributed by atoms with van der Waals surface area (Å²) in [6, 6.07) is 0.664. The minimum atomic E-state index is -0.728. The maximum atomic E-state index is 12.1. The van der Waals surface area contributed by atoms with Crippen molar-refractivity contribution in [2.24, 2.45) is 0 Å². The number of unbranched alkanes of at least 4 members (excludes halogenated alkanes) is 1. The Morgan fingerprint density at radius 1 is 1.19 bits per heavy atom. The molecule has 0 aromatic rings. The van der Waals surface area contributed by atoms with Crippen molar-refractivity contribution in [2.75, 3.05) is 19.6 Å². The third-order valence-electron chi connectivity index (χ3n) is 4.07. The lowest BCUT2D eigenvalue weighted by Crippen LogP contribution is -2.50. The maximum Gasteiger partial charge on any atom is 0.410 e. The van der Waals surface area contributed by atoms with Crippen LogP contribution in [0.4, 0.5) is 4.79 Å². The number of carbonyl (C=O) groups is 2. The fraction of sp³-hybridized carbons (Fsp3) is 0.867. The highest BCUT2D eigenvalue weighted by Crippen LogP contribution is 2.32. The number of fused-ring (bicyclic) bond motifs is 2. The van der Waals surface area contributed by atoms with Gasteiger partial charge in [0.05, 0.1) is 0 Å². The van der Waals surface area contributed by atoms with Gasteiger partial charge in [0, 0.05) is 31.6 Å².